The average Bonchev–Trinajstić information content (AvgIpc) is 2.86. The molecule has 3 heteroatoms. The van der Waals surface area contributed by atoms with E-state index in [1.807, 2.05) is 49.4 Å². The molecule has 0 fully saturated rings. The summed E-state index contributed by atoms with van der Waals surface area (Å²) in [6.07, 6.45) is 0. The first-order valence-corrected chi connectivity index (χ1v) is 6.85. The molecule has 2 aromatic heterocycles. The van der Waals surface area contributed by atoms with E-state index in [2.05, 4.69) is 17.1 Å². The molecule has 2 aromatic carbocycles. The summed E-state index contributed by atoms with van der Waals surface area (Å²) in [5.41, 5.74) is 3.96. The Morgan fingerprint density at radius 2 is 1.67 bits per heavy atom. The van der Waals surface area contributed by atoms with Crippen LogP contribution in [0.15, 0.2) is 63.8 Å². The summed E-state index contributed by atoms with van der Waals surface area (Å²) in [6, 6.07) is 17.7. The Labute approximate surface area is 120 Å². The Morgan fingerprint density at radius 1 is 0.952 bits per heavy atom. The van der Waals surface area contributed by atoms with Gasteiger partial charge in [0, 0.05) is 22.0 Å². The molecule has 21 heavy (non-hydrogen) atoms. The summed E-state index contributed by atoms with van der Waals surface area (Å²) in [5, 5.41) is 1.89. The number of aromatic nitrogens is 1. The lowest BCUT2D eigenvalue weighted by molar-refractivity contribution is 0.568. The van der Waals surface area contributed by atoms with Gasteiger partial charge in [0.25, 0.3) is 0 Å². The van der Waals surface area contributed by atoms with Crippen molar-refractivity contribution in [3.05, 3.63) is 70.7 Å². The second kappa shape index (κ2) is 4.35. The monoisotopic (exact) mass is 275 g/mol. The first-order valence-electron chi connectivity index (χ1n) is 6.85. The van der Waals surface area contributed by atoms with Crippen LogP contribution in [0.2, 0.25) is 0 Å². The van der Waals surface area contributed by atoms with Gasteiger partial charge in [-0.15, -0.1) is 0 Å². The highest BCUT2D eigenvalue weighted by atomic mass is 16.4. The van der Waals surface area contributed by atoms with Crippen molar-refractivity contribution in [1.82, 2.24) is 4.98 Å². The maximum absolute atomic E-state index is 12.2. The second-order valence-electron chi connectivity index (χ2n) is 5.13. The highest BCUT2D eigenvalue weighted by Crippen LogP contribution is 2.35. The first-order chi connectivity index (χ1) is 10.3. The maximum Gasteiger partial charge on any atom is 0.360 e. The second-order valence-corrected chi connectivity index (χ2v) is 5.13. The Kier molecular flexibility index (Phi) is 2.48. The van der Waals surface area contributed by atoms with Crippen molar-refractivity contribution in [1.29, 1.82) is 0 Å². The molecule has 0 aliphatic carbocycles. The maximum atomic E-state index is 12.2. The third-order valence-electron chi connectivity index (χ3n) is 3.81. The van der Waals surface area contributed by atoms with Crippen molar-refractivity contribution in [2.24, 2.45) is 0 Å². The number of hydrogen-bond donors (Lipinski definition) is 1. The molecule has 0 radical (unpaired) electrons. The molecule has 0 amide bonds. The molecule has 0 aliphatic heterocycles. The minimum atomic E-state index is -0.325. The molecule has 0 atom stereocenters. The number of para-hydroxylation sites is 1. The minimum Gasteiger partial charge on any atom is -0.421 e. The van der Waals surface area contributed by atoms with Gasteiger partial charge in [-0.3, -0.25) is 0 Å². The molecule has 0 bridgehead atoms. The smallest absolute Gasteiger partial charge is 0.360 e. The number of nitrogens with one attached hydrogen (secondary N) is 1. The molecule has 0 saturated heterocycles. The Bertz CT molecular complexity index is 1010. The van der Waals surface area contributed by atoms with Crippen molar-refractivity contribution in [3.8, 4) is 11.1 Å². The van der Waals surface area contributed by atoms with Crippen LogP contribution in [0.25, 0.3) is 33.0 Å². The van der Waals surface area contributed by atoms with Crippen LogP contribution in [0.3, 0.4) is 0 Å². The first kappa shape index (κ1) is 12.0. The van der Waals surface area contributed by atoms with Crippen LogP contribution in [0.4, 0.5) is 0 Å². The average molecular weight is 275 g/mol. The number of aromatic amines is 1. The zero-order valence-corrected chi connectivity index (χ0v) is 11.5. The quantitative estimate of drug-likeness (QED) is 0.528. The van der Waals surface area contributed by atoms with Crippen molar-refractivity contribution in [2.45, 2.75) is 6.92 Å². The van der Waals surface area contributed by atoms with E-state index >= 15 is 0 Å². The fourth-order valence-electron chi connectivity index (χ4n) is 2.93. The molecule has 0 saturated carbocycles. The number of H-pyrrole nitrogens is 1. The van der Waals surface area contributed by atoms with E-state index in [1.54, 1.807) is 0 Å². The third kappa shape index (κ3) is 1.71. The number of rotatable bonds is 1. The van der Waals surface area contributed by atoms with Gasteiger partial charge in [0.2, 0.25) is 0 Å². The molecule has 1 N–H and O–H groups in total. The van der Waals surface area contributed by atoms with Gasteiger partial charge in [-0.1, -0.05) is 48.5 Å². The molecule has 102 valence electrons. The summed E-state index contributed by atoms with van der Waals surface area (Å²) in [5.74, 6) is 0. The van der Waals surface area contributed by atoms with Crippen molar-refractivity contribution >= 4 is 21.9 Å². The van der Waals surface area contributed by atoms with Gasteiger partial charge in [0.15, 0.2) is 0 Å². The predicted octanol–water partition coefficient (Wildman–Crippen LogP) is 4.25. The van der Waals surface area contributed by atoms with Crippen molar-refractivity contribution < 1.29 is 4.42 Å². The van der Waals surface area contributed by atoms with Crippen molar-refractivity contribution in [3.63, 3.8) is 0 Å². The Morgan fingerprint density at radius 3 is 2.48 bits per heavy atom. The van der Waals surface area contributed by atoms with Crippen LogP contribution < -0.4 is 5.63 Å². The van der Waals surface area contributed by atoms with E-state index in [-0.39, 0.29) is 5.63 Å². The van der Waals surface area contributed by atoms with E-state index in [9.17, 15) is 4.79 Å². The molecule has 3 nitrogen and oxygen atoms in total. The Balaban J connectivity index is 2.26. The summed E-state index contributed by atoms with van der Waals surface area (Å²) in [6.45, 7) is 1.98. The lowest BCUT2D eigenvalue weighted by Gasteiger charge is -2.03. The SMILES string of the molecule is Cc1[nH]c2c(=O)oc3ccccc3c2c1-c1ccccc1. The zero-order valence-electron chi connectivity index (χ0n) is 11.5. The fraction of sp³-hybridized carbons (Fsp3) is 0.0556. The normalized spacial score (nSPS) is 11.3. The summed E-state index contributed by atoms with van der Waals surface area (Å²) in [4.78, 5) is 15.4. The van der Waals surface area contributed by atoms with Gasteiger partial charge in [-0.2, -0.15) is 0 Å². The number of hydrogen-bond acceptors (Lipinski definition) is 2. The van der Waals surface area contributed by atoms with E-state index < -0.39 is 0 Å². The van der Waals surface area contributed by atoms with Crippen LogP contribution in [0.1, 0.15) is 5.69 Å². The standard InChI is InChI=1S/C18H13NO2/c1-11-15(12-7-3-2-4-8-12)16-13-9-5-6-10-14(13)21-18(20)17(16)19-11/h2-10,19H,1H3. The van der Waals surface area contributed by atoms with Gasteiger partial charge in [-0.25, -0.2) is 4.79 Å². The van der Waals surface area contributed by atoms with Crippen LogP contribution in [-0.4, -0.2) is 4.98 Å². The molecule has 4 rings (SSSR count). The predicted molar refractivity (Wildman–Crippen MR) is 84.5 cm³/mol. The van der Waals surface area contributed by atoms with Gasteiger partial charge in [0.1, 0.15) is 11.1 Å². The summed E-state index contributed by atoms with van der Waals surface area (Å²) in [7, 11) is 0. The zero-order chi connectivity index (χ0) is 14.4. The molecule has 0 aliphatic rings. The largest absolute Gasteiger partial charge is 0.421 e. The summed E-state index contributed by atoms with van der Waals surface area (Å²) < 4.78 is 5.39. The van der Waals surface area contributed by atoms with Crippen LogP contribution in [-0.2, 0) is 0 Å². The number of aryl methyl sites for hydroxylation is 1. The van der Waals surface area contributed by atoms with E-state index in [0.717, 1.165) is 27.6 Å². The minimum absolute atomic E-state index is 0.325. The van der Waals surface area contributed by atoms with Gasteiger partial charge in [0.05, 0.1) is 0 Å². The molecule has 0 unspecified atom stereocenters. The van der Waals surface area contributed by atoms with E-state index in [4.69, 9.17) is 4.42 Å². The highest BCUT2D eigenvalue weighted by Gasteiger charge is 2.16. The molecular formula is C18H13NO2. The topological polar surface area (TPSA) is 46.0 Å². The van der Waals surface area contributed by atoms with Gasteiger partial charge in [-0.05, 0) is 18.6 Å². The third-order valence-corrected chi connectivity index (χ3v) is 3.81. The number of benzene rings is 2. The van der Waals surface area contributed by atoms with Crippen LogP contribution in [0, 0.1) is 6.92 Å². The molecule has 2 heterocycles. The van der Waals surface area contributed by atoms with Gasteiger partial charge < -0.3 is 9.40 Å². The molecule has 0 spiro atoms. The Hall–Kier alpha value is -2.81. The highest BCUT2D eigenvalue weighted by molar-refractivity contribution is 6.12. The lowest BCUT2D eigenvalue weighted by Crippen LogP contribution is -1.99. The van der Waals surface area contributed by atoms with Crippen LogP contribution in [0.5, 0.6) is 0 Å². The lowest BCUT2D eigenvalue weighted by atomic mass is 10.0. The van der Waals surface area contributed by atoms with Crippen molar-refractivity contribution in [2.75, 3.05) is 0 Å². The molecule has 4 aromatic rings. The summed E-state index contributed by atoms with van der Waals surface area (Å²) >= 11 is 0. The van der Waals surface area contributed by atoms with E-state index in [0.29, 0.717) is 11.1 Å². The number of fused-ring (bicyclic) bond motifs is 3. The van der Waals surface area contributed by atoms with E-state index in [1.165, 1.54) is 0 Å². The fourth-order valence-corrected chi connectivity index (χ4v) is 2.93. The molecular weight excluding hydrogens is 262 g/mol. The van der Waals surface area contributed by atoms with Gasteiger partial charge >= 0.3 is 5.63 Å². The van der Waals surface area contributed by atoms with Crippen LogP contribution >= 0.6 is 0 Å².